The molecule has 0 saturated carbocycles. The molecule has 0 N–H and O–H groups in total. The number of ether oxygens (including phenoxy) is 1. The monoisotopic (exact) mass is 237 g/mol. The van der Waals surface area contributed by atoms with Crippen molar-refractivity contribution in [2.45, 2.75) is 45.3 Å². The highest BCUT2D eigenvalue weighted by Gasteiger charge is 2.36. The Balaban J connectivity index is 2.11. The van der Waals surface area contributed by atoms with Gasteiger partial charge in [-0.05, 0) is 26.2 Å². The van der Waals surface area contributed by atoms with Crippen molar-refractivity contribution in [1.82, 2.24) is 4.90 Å². The van der Waals surface area contributed by atoms with Crippen molar-refractivity contribution < 1.29 is 14.3 Å². The van der Waals surface area contributed by atoms with E-state index < -0.39 is 0 Å². The van der Waals surface area contributed by atoms with Crippen LogP contribution in [0.2, 0.25) is 0 Å². The molecule has 0 aromatic heterocycles. The first-order valence-electron chi connectivity index (χ1n) is 6.29. The lowest BCUT2D eigenvalue weighted by Gasteiger charge is -2.25. The Morgan fingerprint density at radius 2 is 2.29 bits per heavy atom. The third kappa shape index (κ3) is 2.14. The molecule has 94 valence electrons. The fourth-order valence-corrected chi connectivity index (χ4v) is 2.67. The van der Waals surface area contributed by atoms with Gasteiger partial charge in [0.15, 0.2) is 0 Å². The first-order valence-corrected chi connectivity index (χ1v) is 6.29. The van der Waals surface area contributed by atoms with Crippen molar-refractivity contribution in [2.24, 2.45) is 0 Å². The van der Waals surface area contributed by atoms with E-state index >= 15 is 0 Å². The molecule has 2 rings (SSSR count). The highest BCUT2D eigenvalue weighted by molar-refractivity contribution is 6.03. The molecule has 1 saturated heterocycles. The first kappa shape index (κ1) is 12.3. The van der Waals surface area contributed by atoms with Crippen molar-refractivity contribution in [1.29, 1.82) is 0 Å². The van der Waals surface area contributed by atoms with Crippen molar-refractivity contribution >= 4 is 12.2 Å². The van der Waals surface area contributed by atoms with Gasteiger partial charge in [0, 0.05) is 24.3 Å². The summed E-state index contributed by atoms with van der Waals surface area (Å²) in [7, 11) is 0. The minimum Gasteiger partial charge on any atom is -0.376 e. The van der Waals surface area contributed by atoms with Crippen molar-refractivity contribution in [3.05, 3.63) is 11.1 Å². The lowest BCUT2D eigenvalue weighted by Crippen LogP contribution is -2.39. The van der Waals surface area contributed by atoms with Crippen LogP contribution in [0, 0.1) is 0 Å². The van der Waals surface area contributed by atoms with Gasteiger partial charge in [0.1, 0.15) is 6.29 Å². The summed E-state index contributed by atoms with van der Waals surface area (Å²) in [5.41, 5.74) is 1.32. The van der Waals surface area contributed by atoms with E-state index in [4.69, 9.17) is 4.74 Å². The van der Waals surface area contributed by atoms with Gasteiger partial charge >= 0.3 is 0 Å². The summed E-state index contributed by atoms with van der Waals surface area (Å²) in [5, 5.41) is 0. The van der Waals surface area contributed by atoms with Gasteiger partial charge in [0.05, 0.1) is 12.1 Å². The number of aldehydes is 1. The summed E-state index contributed by atoms with van der Waals surface area (Å²) < 4.78 is 5.55. The van der Waals surface area contributed by atoms with Crippen molar-refractivity contribution in [3.8, 4) is 0 Å². The van der Waals surface area contributed by atoms with Gasteiger partial charge in [0.25, 0.3) is 5.91 Å². The van der Waals surface area contributed by atoms with E-state index in [2.05, 4.69) is 0 Å². The maximum atomic E-state index is 12.2. The number of amides is 1. The van der Waals surface area contributed by atoms with Crippen LogP contribution in [0.25, 0.3) is 0 Å². The SMILES string of the molecule is CCC1=C(C=O)C(C)N(CC2CCCO2)C1=O. The second kappa shape index (κ2) is 5.00. The van der Waals surface area contributed by atoms with E-state index in [9.17, 15) is 9.59 Å². The van der Waals surface area contributed by atoms with Crippen LogP contribution in [0.5, 0.6) is 0 Å². The van der Waals surface area contributed by atoms with Gasteiger partial charge in [-0.3, -0.25) is 9.59 Å². The van der Waals surface area contributed by atoms with Crippen LogP contribution in [0.15, 0.2) is 11.1 Å². The Bertz CT molecular complexity index is 356. The molecule has 0 radical (unpaired) electrons. The molecule has 2 unspecified atom stereocenters. The normalized spacial score (nSPS) is 29.3. The number of carbonyl (C=O) groups excluding carboxylic acids is 2. The Hall–Kier alpha value is -1.16. The summed E-state index contributed by atoms with van der Waals surface area (Å²) in [6.07, 6.45) is 3.67. The predicted molar refractivity (Wildman–Crippen MR) is 63.5 cm³/mol. The van der Waals surface area contributed by atoms with Crippen molar-refractivity contribution in [2.75, 3.05) is 13.2 Å². The Morgan fingerprint density at radius 3 is 2.76 bits per heavy atom. The molecule has 4 heteroatoms. The molecule has 0 bridgehead atoms. The molecule has 2 aliphatic rings. The summed E-state index contributed by atoms with van der Waals surface area (Å²) in [6, 6.07) is -0.0980. The number of rotatable bonds is 4. The molecule has 4 nitrogen and oxygen atoms in total. The topological polar surface area (TPSA) is 46.6 Å². The highest BCUT2D eigenvalue weighted by atomic mass is 16.5. The fraction of sp³-hybridized carbons (Fsp3) is 0.692. The minimum atomic E-state index is -0.0980. The molecule has 2 aliphatic heterocycles. The average molecular weight is 237 g/mol. The van der Waals surface area contributed by atoms with Crippen LogP contribution in [-0.2, 0) is 14.3 Å². The largest absolute Gasteiger partial charge is 0.376 e. The van der Waals surface area contributed by atoms with Crippen LogP contribution >= 0.6 is 0 Å². The summed E-state index contributed by atoms with van der Waals surface area (Å²) in [6.45, 7) is 5.23. The van der Waals surface area contributed by atoms with Gasteiger partial charge in [0.2, 0.25) is 0 Å². The van der Waals surface area contributed by atoms with Gasteiger partial charge in [-0.15, -0.1) is 0 Å². The molecule has 17 heavy (non-hydrogen) atoms. The van der Waals surface area contributed by atoms with Gasteiger partial charge < -0.3 is 9.64 Å². The van der Waals surface area contributed by atoms with E-state index in [-0.39, 0.29) is 18.1 Å². The second-order valence-electron chi connectivity index (χ2n) is 4.67. The number of carbonyl (C=O) groups is 2. The Labute approximate surface area is 102 Å². The third-order valence-electron chi connectivity index (χ3n) is 3.69. The zero-order chi connectivity index (χ0) is 12.4. The van der Waals surface area contributed by atoms with E-state index in [0.29, 0.717) is 24.1 Å². The lowest BCUT2D eigenvalue weighted by atomic mass is 10.1. The molecule has 1 fully saturated rings. The van der Waals surface area contributed by atoms with Gasteiger partial charge in [-0.25, -0.2) is 0 Å². The fourth-order valence-electron chi connectivity index (χ4n) is 2.67. The molecular formula is C13H19NO3. The first-order chi connectivity index (χ1) is 8.19. The molecule has 0 aromatic carbocycles. The Morgan fingerprint density at radius 1 is 1.53 bits per heavy atom. The van der Waals surface area contributed by atoms with Crippen LogP contribution in [0.1, 0.15) is 33.1 Å². The van der Waals surface area contributed by atoms with E-state index in [1.54, 1.807) is 4.90 Å². The molecule has 2 heterocycles. The number of hydrogen-bond donors (Lipinski definition) is 0. The average Bonchev–Trinajstić information content (AvgIpc) is 2.90. The third-order valence-corrected chi connectivity index (χ3v) is 3.69. The van der Waals surface area contributed by atoms with Crippen LogP contribution < -0.4 is 0 Å². The maximum Gasteiger partial charge on any atom is 0.250 e. The van der Waals surface area contributed by atoms with E-state index in [1.165, 1.54) is 0 Å². The summed E-state index contributed by atoms with van der Waals surface area (Å²) >= 11 is 0. The van der Waals surface area contributed by atoms with Crippen LogP contribution in [0.3, 0.4) is 0 Å². The molecule has 2 atom stereocenters. The predicted octanol–water partition coefficient (Wildman–Crippen LogP) is 1.30. The Kier molecular flexibility index (Phi) is 3.62. The molecule has 0 aromatic rings. The number of nitrogens with zero attached hydrogens (tertiary/aromatic N) is 1. The summed E-state index contributed by atoms with van der Waals surface area (Å²) in [5.74, 6) is 0.0117. The zero-order valence-electron chi connectivity index (χ0n) is 10.4. The van der Waals surface area contributed by atoms with Crippen LogP contribution in [-0.4, -0.2) is 42.4 Å². The van der Waals surface area contributed by atoms with E-state index in [1.807, 2.05) is 13.8 Å². The zero-order valence-corrected chi connectivity index (χ0v) is 10.4. The molecule has 1 amide bonds. The van der Waals surface area contributed by atoms with Gasteiger partial charge in [-0.1, -0.05) is 6.92 Å². The lowest BCUT2D eigenvalue weighted by molar-refractivity contribution is -0.128. The van der Waals surface area contributed by atoms with Crippen LogP contribution in [0.4, 0.5) is 0 Å². The standard InChI is InChI=1S/C13H19NO3/c1-3-11-12(8-15)9(2)14(13(11)16)7-10-5-4-6-17-10/h8-10H,3-7H2,1-2H3. The van der Waals surface area contributed by atoms with Gasteiger partial charge in [-0.2, -0.15) is 0 Å². The quantitative estimate of drug-likeness (QED) is 0.692. The van der Waals surface area contributed by atoms with Crippen molar-refractivity contribution in [3.63, 3.8) is 0 Å². The molecule has 0 aliphatic carbocycles. The second-order valence-corrected chi connectivity index (χ2v) is 4.67. The number of hydrogen-bond acceptors (Lipinski definition) is 3. The molecular weight excluding hydrogens is 218 g/mol. The maximum absolute atomic E-state index is 12.2. The summed E-state index contributed by atoms with van der Waals surface area (Å²) in [4.78, 5) is 25.0. The smallest absolute Gasteiger partial charge is 0.250 e. The highest BCUT2D eigenvalue weighted by Crippen LogP contribution is 2.28. The minimum absolute atomic E-state index is 0.0117. The molecule has 0 spiro atoms. The van der Waals surface area contributed by atoms with E-state index in [0.717, 1.165) is 25.7 Å².